The van der Waals surface area contributed by atoms with E-state index in [4.69, 9.17) is 0 Å². The van der Waals surface area contributed by atoms with E-state index in [0.29, 0.717) is 28.1 Å². The predicted octanol–water partition coefficient (Wildman–Crippen LogP) is -0.180. The number of carbonyl (C=O) groups excluding carboxylic acids is 1. The molecular weight excluding hydrogens is 316 g/mol. The second-order valence-electron chi connectivity index (χ2n) is 4.60. The van der Waals surface area contributed by atoms with Crippen LogP contribution in [-0.4, -0.2) is 65.2 Å². The lowest BCUT2D eigenvalue weighted by atomic mass is 10.1. The molecule has 112 valence electrons. The summed E-state index contributed by atoms with van der Waals surface area (Å²) in [5, 5.41) is 25.6. The molecule has 0 bridgehead atoms. The van der Waals surface area contributed by atoms with Crippen LogP contribution in [0.2, 0.25) is 0 Å². The topological polar surface area (TPSA) is 119 Å². The number of aryl methyl sites for hydroxylation is 1. The number of amides is 1. The molecule has 2 aliphatic rings. The number of aromatic amines is 1. The van der Waals surface area contributed by atoms with Crippen LogP contribution in [0.15, 0.2) is 16.4 Å². The van der Waals surface area contributed by atoms with Gasteiger partial charge in [-0.05, 0) is 12.5 Å². The summed E-state index contributed by atoms with van der Waals surface area (Å²) in [5.74, 6) is -0.172. The van der Waals surface area contributed by atoms with Crippen molar-refractivity contribution in [1.82, 2.24) is 20.1 Å². The molecule has 0 saturated carbocycles. The van der Waals surface area contributed by atoms with E-state index in [-0.39, 0.29) is 5.70 Å². The average molecular weight is 328 g/mol. The van der Waals surface area contributed by atoms with E-state index in [9.17, 15) is 19.8 Å². The van der Waals surface area contributed by atoms with Crippen molar-refractivity contribution in [1.29, 1.82) is 0 Å². The number of nitrogens with zero attached hydrogens (tertiary/aromatic N) is 3. The fourth-order valence-electron chi connectivity index (χ4n) is 2.18. The molecule has 21 heavy (non-hydrogen) atoms. The van der Waals surface area contributed by atoms with Gasteiger partial charge in [-0.25, -0.2) is 9.78 Å². The van der Waals surface area contributed by atoms with Crippen LogP contribution >= 0.6 is 23.5 Å². The van der Waals surface area contributed by atoms with Crippen LogP contribution in [0.1, 0.15) is 5.82 Å². The Hall–Kier alpha value is -1.52. The molecule has 1 saturated heterocycles. The van der Waals surface area contributed by atoms with Crippen LogP contribution in [-0.2, 0) is 9.59 Å². The van der Waals surface area contributed by atoms with E-state index >= 15 is 0 Å². The molecule has 0 radical (unpaired) electrons. The third kappa shape index (κ3) is 2.43. The summed E-state index contributed by atoms with van der Waals surface area (Å²) in [5.41, 5.74) is 0.616. The monoisotopic (exact) mass is 328 g/mol. The van der Waals surface area contributed by atoms with Crippen LogP contribution in [0.4, 0.5) is 0 Å². The zero-order valence-corrected chi connectivity index (χ0v) is 12.6. The number of fused-ring (bicyclic) bond motifs is 1. The molecule has 1 aromatic rings. The minimum Gasteiger partial charge on any atom is -0.477 e. The molecule has 3 heterocycles. The van der Waals surface area contributed by atoms with E-state index in [1.165, 1.54) is 28.4 Å². The Morgan fingerprint density at radius 2 is 2.38 bits per heavy atom. The number of nitrogens with one attached hydrogen (secondary N) is 1. The Morgan fingerprint density at radius 1 is 1.62 bits per heavy atom. The summed E-state index contributed by atoms with van der Waals surface area (Å²) in [6.07, 6.45) is -1.10. The number of aromatic nitrogens is 3. The summed E-state index contributed by atoms with van der Waals surface area (Å²) in [6, 6.07) is 0. The highest BCUT2D eigenvalue weighted by Crippen LogP contribution is 2.41. The number of hydrogen-bond donors (Lipinski definition) is 3. The normalized spacial score (nSPS) is 24.9. The maximum Gasteiger partial charge on any atom is 0.352 e. The molecule has 2 aliphatic heterocycles. The number of carbonyl (C=O) groups is 2. The summed E-state index contributed by atoms with van der Waals surface area (Å²) in [6.45, 7) is 1.78. The van der Waals surface area contributed by atoms with Gasteiger partial charge in [-0.3, -0.25) is 14.8 Å². The number of aliphatic carboxylic acids is 1. The first-order valence-corrected chi connectivity index (χ1v) is 8.12. The summed E-state index contributed by atoms with van der Waals surface area (Å²) in [4.78, 5) is 28.4. The lowest BCUT2D eigenvalue weighted by molar-refractivity contribution is -0.159. The number of aliphatic hydroxyl groups is 1. The number of thioether (sulfide) groups is 2. The molecule has 8 nitrogen and oxygen atoms in total. The zero-order chi connectivity index (χ0) is 15.1. The van der Waals surface area contributed by atoms with Crippen LogP contribution in [0, 0.1) is 6.92 Å². The number of carboxylic acid groups (broad SMARTS) is 1. The number of hydrogen-bond acceptors (Lipinski definition) is 7. The first-order valence-electron chi connectivity index (χ1n) is 6.09. The van der Waals surface area contributed by atoms with Crippen molar-refractivity contribution >= 4 is 35.4 Å². The molecule has 1 amide bonds. The molecule has 0 unspecified atom stereocenters. The quantitative estimate of drug-likeness (QED) is 0.514. The van der Waals surface area contributed by atoms with Crippen molar-refractivity contribution in [3.63, 3.8) is 0 Å². The SMILES string of the molecule is Cc1nc(SCC2=C(C(=O)O)N3C(=O)[C@@H](O)[C@@H]3SC2)n[nH]1. The molecule has 0 spiro atoms. The Bertz CT molecular complexity index is 644. The lowest BCUT2D eigenvalue weighted by Crippen LogP contribution is -2.64. The standard InChI is InChI=1S/C11H12N4O4S2/c1-4-12-11(14-13-4)21-3-5-2-20-9-7(16)8(17)15(9)6(5)10(18)19/h7,9,16H,2-3H2,1H3,(H,18,19)(H,12,13,14)/t7-,9+/m1/s1. The van der Waals surface area contributed by atoms with Gasteiger partial charge < -0.3 is 10.2 Å². The molecule has 3 rings (SSSR count). The van der Waals surface area contributed by atoms with Gasteiger partial charge in [-0.1, -0.05) is 11.8 Å². The molecule has 1 aromatic heterocycles. The van der Waals surface area contributed by atoms with Gasteiger partial charge in [0.2, 0.25) is 5.16 Å². The number of H-pyrrole nitrogens is 1. The Morgan fingerprint density at radius 3 is 3.00 bits per heavy atom. The Kier molecular flexibility index (Phi) is 3.68. The third-order valence-corrected chi connectivity index (χ3v) is 5.43. The van der Waals surface area contributed by atoms with E-state index in [1.54, 1.807) is 6.92 Å². The number of carboxylic acids is 1. The third-order valence-electron chi connectivity index (χ3n) is 3.17. The van der Waals surface area contributed by atoms with Gasteiger partial charge in [-0.2, -0.15) is 0 Å². The highest BCUT2D eigenvalue weighted by molar-refractivity contribution is 8.01. The highest BCUT2D eigenvalue weighted by Gasteiger charge is 2.52. The van der Waals surface area contributed by atoms with Gasteiger partial charge >= 0.3 is 5.97 Å². The van der Waals surface area contributed by atoms with Crippen LogP contribution in [0.25, 0.3) is 0 Å². The highest BCUT2D eigenvalue weighted by atomic mass is 32.2. The molecular formula is C11H12N4O4S2. The molecule has 2 atom stereocenters. The molecule has 0 aromatic carbocycles. The minimum absolute atomic E-state index is 0.0196. The summed E-state index contributed by atoms with van der Waals surface area (Å²) >= 11 is 2.68. The van der Waals surface area contributed by atoms with Crippen LogP contribution in [0.5, 0.6) is 0 Å². The van der Waals surface area contributed by atoms with Crippen molar-refractivity contribution in [2.45, 2.75) is 23.6 Å². The Labute approximate surface area is 128 Å². The van der Waals surface area contributed by atoms with E-state index in [2.05, 4.69) is 15.2 Å². The number of rotatable bonds is 4. The largest absolute Gasteiger partial charge is 0.477 e. The molecule has 1 fully saturated rings. The molecule has 10 heteroatoms. The fraction of sp³-hybridized carbons (Fsp3) is 0.455. The van der Waals surface area contributed by atoms with Gasteiger partial charge in [-0.15, -0.1) is 16.9 Å². The van der Waals surface area contributed by atoms with Crippen LogP contribution in [0.3, 0.4) is 0 Å². The average Bonchev–Trinajstić information content (AvgIpc) is 2.88. The van der Waals surface area contributed by atoms with E-state index in [1.807, 2.05) is 0 Å². The fourth-order valence-corrected chi connectivity index (χ4v) is 4.43. The van der Waals surface area contributed by atoms with E-state index < -0.39 is 23.4 Å². The second-order valence-corrected chi connectivity index (χ2v) is 6.65. The van der Waals surface area contributed by atoms with Gasteiger partial charge in [0.1, 0.15) is 16.9 Å². The Balaban J connectivity index is 1.81. The molecule has 3 N–H and O–H groups in total. The van der Waals surface area contributed by atoms with Crippen molar-refractivity contribution in [2.75, 3.05) is 11.5 Å². The number of β-lactam (4-membered cyclic amide) rings is 1. The summed E-state index contributed by atoms with van der Waals surface area (Å²) < 4.78 is 0. The lowest BCUT2D eigenvalue weighted by Gasteiger charge is -2.47. The minimum atomic E-state index is -1.15. The summed E-state index contributed by atoms with van der Waals surface area (Å²) in [7, 11) is 0. The van der Waals surface area contributed by atoms with Crippen molar-refractivity contribution in [3.05, 3.63) is 17.1 Å². The van der Waals surface area contributed by atoms with Crippen molar-refractivity contribution in [3.8, 4) is 0 Å². The van der Waals surface area contributed by atoms with Crippen LogP contribution < -0.4 is 0 Å². The maximum atomic E-state index is 11.7. The zero-order valence-electron chi connectivity index (χ0n) is 10.9. The van der Waals surface area contributed by atoms with Gasteiger partial charge in [0, 0.05) is 11.5 Å². The molecule has 0 aliphatic carbocycles. The first-order chi connectivity index (χ1) is 9.99. The smallest absolute Gasteiger partial charge is 0.352 e. The van der Waals surface area contributed by atoms with E-state index in [0.717, 1.165) is 0 Å². The maximum absolute atomic E-state index is 11.7. The first kappa shape index (κ1) is 14.4. The second kappa shape index (κ2) is 5.35. The predicted molar refractivity (Wildman–Crippen MR) is 75.6 cm³/mol. The van der Waals surface area contributed by atoms with Crippen molar-refractivity contribution in [2.24, 2.45) is 0 Å². The van der Waals surface area contributed by atoms with Gasteiger partial charge in [0.15, 0.2) is 6.10 Å². The van der Waals surface area contributed by atoms with Gasteiger partial charge in [0.05, 0.1) is 0 Å². The number of aliphatic hydroxyl groups excluding tert-OH is 1. The van der Waals surface area contributed by atoms with Gasteiger partial charge in [0.25, 0.3) is 5.91 Å². The van der Waals surface area contributed by atoms with Crippen molar-refractivity contribution < 1.29 is 19.8 Å².